The normalized spacial score (nSPS) is 20.0. The van der Waals surface area contributed by atoms with Crippen molar-refractivity contribution in [1.29, 1.82) is 0 Å². The van der Waals surface area contributed by atoms with Gasteiger partial charge in [0.1, 0.15) is 19.0 Å². The molecule has 9 heteroatoms. The van der Waals surface area contributed by atoms with E-state index >= 15 is 0 Å². The largest absolute Gasteiger partial charge is 0.497 e. The van der Waals surface area contributed by atoms with Gasteiger partial charge in [-0.15, -0.1) is 0 Å². The third-order valence-electron chi connectivity index (χ3n) is 5.97. The summed E-state index contributed by atoms with van der Waals surface area (Å²) in [5, 5.41) is 0. The molecular formula is C24H27N3O6. The molecule has 0 amide bonds. The molecule has 174 valence electrons. The molecule has 0 N–H and O–H groups in total. The smallest absolute Gasteiger partial charge is 0.269 e. The Morgan fingerprint density at radius 3 is 2.67 bits per heavy atom. The van der Waals surface area contributed by atoms with Gasteiger partial charge in [0, 0.05) is 36.7 Å². The molecule has 1 fully saturated rings. The summed E-state index contributed by atoms with van der Waals surface area (Å²) in [6.07, 6.45) is 5.04. The van der Waals surface area contributed by atoms with Crippen LogP contribution in [0.5, 0.6) is 17.2 Å². The molecule has 0 unspecified atom stereocenters. The molecule has 0 atom stereocenters. The quantitative estimate of drug-likeness (QED) is 0.539. The molecule has 0 radical (unpaired) electrons. The predicted molar refractivity (Wildman–Crippen MR) is 120 cm³/mol. The molecule has 2 aliphatic heterocycles. The van der Waals surface area contributed by atoms with Gasteiger partial charge in [-0.3, -0.25) is 9.78 Å². The fourth-order valence-electron chi connectivity index (χ4n) is 4.13. The minimum absolute atomic E-state index is 0.156. The van der Waals surface area contributed by atoms with Gasteiger partial charge in [-0.05, 0) is 25.0 Å². The van der Waals surface area contributed by atoms with Crippen LogP contribution in [-0.4, -0.2) is 54.4 Å². The van der Waals surface area contributed by atoms with Gasteiger partial charge in [-0.25, -0.2) is 4.98 Å². The number of hydrogen-bond donors (Lipinski definition) is 0. The lowest BCUT2D eigenvalue weighted by Gasteiger charge is -2.29. The first kappa shape index (κ1) is 21.7. The van der Waals surface area contributed by atoms with Crippen LogP contribution >= 0.6 is 0 Å². The number of methoxy groups -OCH3 is 1. The lowest BCUT2D eigenvalue weighted by molar-refractivity contribution is -0.204. The van der Waals surface area contributed by atoms with Gasteiger partial charge < -0.3 is 28.3 Å². The maximum atomic E-state index is 12.4. The Bertz CT molecular complexity index is 1170. The standard InChI is InChI=1S/C24H27N3O6/c1-29-18-4-5-19-20(11-18)27(23(28)13-26-19)7-6-24-32-14-16(15-33-24)2-3-17-10-21-22(12-25-17)31-9-8-30-21/h4-5,10-13,16,24H,2-3,6-9,14-15H2,1H3. The summed E-state index contributed by atoms with van der Waals surface area (Å²) < 4.78 is 30.0. The van der Waals surface area contributed by atoms with Crippen molar-refractivity contribution in [3.05, 3.63) is 52.7 Å². The van der Waals surface area contributed by atoms with Crippen molar-refractivity contribution in [2.24, 2.45) is 5.92 Å². The van der Waals surface area contributed by atoms with E-state index in [1.165, 1.54) is 6.20 Å². The van der Waals surface area contributed by atoms with Crippen LogP contribution in [0.15, 0.2) is 41.5 Å². The zero-order chi connectivity index (χ0) is 22.6. The van der Waals surface area contributed by atoms with E-state index in [0.717, 1.165) is 35.3 Å². The molecule has 0 bridgehead atoms. The second kappa shape index (κ2) is 9.76. The number of ether oxygens (including phenoxy) is 5. The summed E-state index contributed by atoms with van der Waals surface area (Å²) in [4.78, 5) is 21.1. The van der Waals surface area contributed by atoms with Crippen molar-refractivity contribution in [3.63, 3.8) is 0 Å². The zero-order valence-corrected chi connectivity index (χ0v) is 18.6. The Labute approximate surface area is 191 Å². The van der Waals surface area contributed by atoms with Gasteiger partial charge in [0.15, 0.2) is 17.8 Å². The molecule has 4 heterocycles. The molecule has 0 saturated carbocycles. The van der Waals surface area contributed by atoms with Crippen LogP contribution in [-0.2, 0) is 22.4 Å². The van der Waals surface area contributed by atoms with Crippen LogP contribution in [0, 0.1) is 5.92 Å². The first-order chi connectivity index (χ1) is 16.2. The fourth-order valence-corrected chi connectivity index (χ4v) is 4.13. The van der Waals surface area contributed by atoms with Gasteiger partial charge in [0.2, 0.25) is 0 Å². The number of pyridine rings is 1. The predicted octanol–water partition coefficient (Wildman–Crippen LogP) is 2.58. The molecule has 3 aromatic rings. The second-order valence-electron chi connectivity index (χ2n) is 8.21. The molecule has 2 aromatic heterocycles. The van der Waals surface area contributed by atoms with E-state index < -0.39 is 0 Å². The lowest BCUT2D eigenvalue weighted by atomic mass is 10.0. The molecule has 9 nitrogen and oxygen atoms in total. The molecule has 5 rings (SSSR count). The lowest BCUT2D eigenvalue weighted by Crippen LogP contribution is -2.34. The van der Waals surface area contributed by atoms with Gasteiger partial charge in [0.05, 0.1) is 43.8 Å². The monoisotopic (exact) mass is 453 g/mol. The second-order valence-corrected chi connectivity index (χ2v) is 8.21. The van der Waals surface area contributed by atoms with Crippen molar-refractivity contribution >= 4 is 11.0 Å². The molecule has 1 saturated heterocycles. The van der Waals surface area contributed by atoms with E-state index in [1.54, 1.807) is 17.9 Å². The average molecular weight is 453 g/mol. The summed E-state index contributed by atoms with van der Waals surface area (Å²) in [6.45, 7) is 2.84. The number of rotatable bonds is 7. The summed E-state index contributed by atoms with van der Waals surface area (Å²) in [7, 11) is 1.60. The summed E-state index contributed by atoms with van der Waals surface area (Å²) in [6, 6.07) is 7.46. The van der Waals surface area contributed by atoms with E-state index in [9.17, 15) is 4.79 Å². The number of fused-ring (bicyclic) bond motifs is 2. The summed E-state index contributed by atoms with van der Waals surface area (Å²) in [5.74, 6) is 2.45. The number of aryl methyl sites for hydroxylation is 2. The van der Waals surface area contributed by atoms with Gasteiger partial charge in [0.25, 0.3) is 5.56 Å². The van der Waals surface area contributed by atoms with Gasteiger partial charge in [-0.1, -0.05) is 0 Å². The van der Waals surface area contributed by atoms with E-state index in [4.69, 9.17) is 23.7 Å². The number of hydrogen-bond acceptors (Lipinski definition) is 8. The minimum Gasteiger partial charge on any atom is -0.497 e. The Morgan fingerprint density at radius 2 is 1.85 bits per heavy atom. The number of aromatic nitrogens is 3. The maximum absolute atomic E-state index is 12.4. The Kier molecular flexibility index (Phi) is 6.41. The molecule has 2 aliphatic rings. The summed E-state index contributed by atoms with van der Waals surface area (Å²) >= 11 is 0. The highest BCUT2D eigenvalue weighted by Gasteiger charge is 2.23. The van der Waals surface area contributed by atoms with Gasteiger partial charge >= 0.3 is 0 Å². The van der Waals surface area contributed by atoms with Crippen molar-refractivity contribution in [1.82, 2.24) is 14.5 Å². The fraction of sp³-hybridized carbons (Fsp3) is 0.458. The van der Waals surface area contributed by atoms with Crippen molar-refractivity contribution in [2.75, 3.05) is 33.5 Å². The maximum Gasteiger partial charge on any atom is 0.269 e. The van der Waals surface area contributed by atoms with Gasteiger partial charge in [-0.2, -0.15) is 0 Å². The van der Waals surface area contributed by atoms with Crippen LogP contribution < -0.4 is 19.8 Å². The Morgan fingerprint density at radius 1 is 1.03 bits per heavy atom. The number of benzene rings is 1. The zero-order valence-electron chi connectivity index (χ0n) is 18.6. The molecule has 0 aliphatic carbocycles. The SMILES string of the molecule is COc1ccc2ncc(=O)n(CCC3OCC(CCc4cc5c(cn4)OCCO5)CO3)c2c1. The molecule has 0 spiro atoms. The van der Waals surface area contributed by atoms with Crippen molar-refractivity contribution in [2.45, 2.75) is 32.1 Å². The summed E-state index contributed by atoms with van der Waals surface area (Å²) in [5.41, 5.74) is 2.30. The topological polar surface area (TPSA) is 93.9 Å². The average Bonchev–Trinajstić information content (AvgIpc) is 2.87. The first-order valence-electron chi connectivity index (χ1n) is 11.2. The Balaban J connectivity index is 1.13. The third-order valence-corrected chi connectivity index (χ3v) is 5.97. The first-order valence-corrected chi connectivity index (χ1v) is 11.2. The molecular weight excluding hydrogens is 426 g/mol. The van der Waals surface area contributed by atoms with Crippen LogP contribution in [0.4, 0.5) is 0 Å². The van der Waals surface area contributed by atoms with Crippen LogP contribution in [0.25, 0.3) is 11.0 Å². The van der Waals surface area contributed by atoms with E-state index in [1.807, 2.05) is 24.3 Å². The molecule has 33 heavy (non-hydrogen) atoms. The van der Waals surface area contributed by atoms with E-state index in [0.29, 0.717) is 56.8 Å². The number of nitrogens with zero attached hydrogens (tertiary/aromatic N) is 3. The van der Waals surface area contributed by atoms with Crippen LogP contribution in [0.1, 0.15) is 18.5 Å². The van der Waals surface area contributed by atoms with Crippen LogP contribution in [0.2, 0.25) is 0 Å². The Hall–Kier alpha value is -3.17. The van der Waals surface area contributed by atoms with Crippen molar-refractivity contribution in [3.8, 4) is 17.2 Å². The van der Waals surface area contributed by atoms with E-state index in [2.05, 4.69) is 9.97 Å². The highest BCUT2D eigenvalue weighted by molar-refractivity contribution is 5.76. The minimum atomic E-state index is -0.339. The van der Waals surface area contributed by atoms with E-state index in [-0.39, 0.29) is 11.8 Å². The third kappa shape index (κ3) is 4.94. The van der Waals surface area contributed by atoms with Crippen molar-refractivity contribution < 1.29 is 23.7 Å². The van der Waals surface area contributed by atoms with Crippen LogP contribution in [0.3, 0.4) is 0 Å². The highest BCUT2D eigenvalue weighted by Crippen LogP contribution is 2.30. The highest BCUT2D eigenvalue weighted by atomic mass is 16.7. The molecule has 1 aromatic carbocycles.